The number of rotatable bonds is 3. The zero-order chi connectivity index (χ0) is 8.97. The Labute approximate surface area is 109 Å². The summed E-state index contributed by atoms with van der Waals surface area (Å²) in [5, 5.41) is 0. The largest absolute Gasteiger partial charge is 0.497 e. The van der Waals surface area contributed by atoms with Crippen LogP contribution in [0.2, 0.25) is 0 Å². The van der Waals surface area contributed by atoms with Gasteiger partial charge in [0.25, 0.3) is 0 Å². The van der Waals surface area contributed by atoms with E-state index in [-0.39, 0.29) is 37.7 Å². The Balaban J connectivity index is 0.00000144. The van der Waals surface area contributed by atoms with E-state index in [2.05, 4.69) is 0 Å². The summed E-state index contributed by atoms with van der Waals surface area (Å²) in [6.07, 6.45) is 0. The third-order valence-electron chi connectivity index (χ3n) is 1.49. The van der Waals surface area contributed by atoms with E-state index in [0.717, 1.165) is 11.3 Å². The molecule has 0 fully saturated rings. The molecule has 0 heterocycles. The second-order valence-corrected chi connectivity index (χ2v) is 3.46. The van der Waals surface area contributed by atoms with Crippen LogP contribution in [0.3, 0.4) is 0 Å². The van der Waals surface area contributed by atoms with Crippen molar-refractivity contribution in [3.8, 4) is 5.75 Å². The fourth-order valence-corrected chi connectivity index (χ4v) is 1.44. The minimum absolute atomic E-state index is 0. The molecule has 0 aliphatic carbocycles. The molecule has 0 aliphatic rings. The van der Waals surface area contributed by atoms with Gasteiger partial charge in [-0.05, 0) is 17.7 Å². The third-order valence-corrected chi connectivity index (χ3v) is 2.14. The van der Waals surface area contributed by atoms with Crippen molar-refractivity contribution in [3.63, 3.8) is 0 Å². The average Bonchev–Trinajstić information content (AvgIpc) is 2.05. The third kappa shape index (κ3) is 4.86. The molecule has 3 nitrogen and oxygen atoms in total. The van der Waals surface area contributed by atoms with Crippen molar-refractivity contribution in [1.29, 1.82) is 4.78 Å². The van der Waals surface area contributed by atoms with Gasteiger partial charge in [0.05, 0.1) is 12.9 Å². The Hall–Kier alpha value is 0.230. The Morgan fingerprint density at radius 2 is 1.92 bits per heavy atom. The monoisotopic (exact) mass is 225 g/mol. The van der Waals surface area contributed by atoms with Crippen molar-refractivity contribution in [2.45, 2.75) is 5.75 Å². The summed E-state index contributed by atoms with van der Waals surface area (Å²) in [5.41, 5.74) is 0.909. The van der Waals surface area contributed by atoms with Gasteiger partial charge in [-0.3, -0.25) is 8.99 Å². The van der Waals surface area contributed by atoms with Gasteiger partial charge in [0.2, 0.25) is 0 Å². The Bertz CT molecular complexity index is 313. The van der Waals surface area contributed by atoms with E-state index < -0.39 is 10.6 Å². The first-order valence-corrected chi connectivity index (χ1v) is 4.95. The maximum atomic E-state index is 10.6. The molecule has 0 amide bonds. The van der Waals surface area contributed by atoms with Crippen LogP contribution in [0.4, 0.5) is 0 Å². The molecule has 74 valence electrons. The summed E-state index contributed by atoms with van der Waals surface area (Å²) in [5.74, 6) is 1.10. The quantitative estimate of drug-likeness (QED) is 0.765. The molecule has 5 heteroatoms. The van der Waals surface area contributed by atoms with Gasteiger partial charge in [-0.15, -0.1) is 0 Å². The van der Waals surface area contributed by atoms with Gasteiger partial charge in [0.15, 0.2) is 0 Å². The van der Waals surface area contributed by atoms with Crippen LogP contribution in [0.5, 0.6) is 5.75 Å². The molecule has 1 N–H and O–H groups in total. The first-order valence-electron chi connectivity index (χ1n) is 3.51. The van der Waals surface area contributed by atoms with Crippen LogP contribution in [0.1, 0.15) is 5.56 Å². The van der Waals surface area contributed by atoms with Crippen LogP contribution in [-0.4, -0.2) is 11.3 Å². The summed E-state index contributed by atoms with van der Waals surface area (Å²) in [7, 11) is -0.234. The standard InChI is InChI=1S/C8H11NO2S.Ar/c1-11-8-4-2-7(3-5-8)6-12(9)10;/h2-5,9,12H,6H2,1H3;. The molecule has 0 aliphatic heterocycles. The van der Waals surface area contributed by atoms with Crippen molar-refractivity contribution >= 4 is 10.6 Å². The topological polar surface area (TPSA) is 50.1 Å². The van der Waals surface area contributed by atoms with Crippen LogP contribution in [-0.2, 0) is 16.3 Å². The molecule has 1 atom stereocenters. The zero-order valence-electron chi connectivity index (χ0n) is 7.13. The van der Waals surface area contributed by atoms with E-state index in [1.54, 1.807) is 19.2 Å². The van der Waals surface area contributed by atoms with Crippen LogP contribution in [0.15, 0.2) is 24.3 Å². The fourth-order valence-electron chi connectivity index (χ4n) is 0.897. The number of hydrogen-bond acceptors (Lipinski definition) is 3. The van der Waals surface area contributed by atoms with Crippen LogP contribution in [0, 0.1) is 42.5 Å². The van der Waals surface area contributed by atoms with E-state index >= 15 is 0 Å². The number of hydrogen-bond donors (Lipinski definition) is 2. The fraction of sp³-hybridized carbons (Fsp3) is 0.250. The molecule has 0 saturated heterocycles. The number of thiol groups is 1. The molecule has 0 radical (unpaired) electrons. The van der Waals surface area contributed by atoms with Gasteiger partial charge in [0.1, 0.15) is 5.75 Å². The van der Waals surface area contributed by atoms with Crippen LogP contribution < -0.4 is 4.74 Å². The van der Waals surface area contributed by atoms with Gasteiger partial charge < -0.3 is 4.74 Å². The smallest absolute Gasteiger partial charge is 0.118 e. The maximum Gasteiger partial charge on any atom is 0.118 e. The van der Waals surface area contributed by atoms with Gasteiger partial charge in [-0.25, -0.2) is 0 Å². The summed E-state index contributed by atoms with van der Waals surface area (Å²) in [6.45, 7) is 0. The van der Waals surface area contributed by atoms with Crippen LogP contribution >= 0.6 is 0 Å². The summed E-state index contributed by atoms with van der Waals surface area (Å²) in [6, 6.07) is 7.24. The van der Waals surface area contributed by atoms with E-state index in [1.165, 1.54) is 0 Å². The zero-order valence-corrected chi connectivity index (χ0v) is 8.74. The van der Waals surface area contributed by atoms with E-state index in [0.29, 0.717) is 5.75 Å². The molecule has 0 spiro atoms. The number of nitrogens with one attached hydrogen (secondary N) is 1. The van der Waals surface area contributed by atoms with Crippen molar-refractivity contribution < 1.29 is 46.7 Å². The van der Waals surface area contributed by atoms with Gasteiger partial charge in [-0.2, -0.15) is 0 Å². The van der Waals surface area contributed by atoms with Crippen molar-refractivity contribution in [2.24, 2.45) is 0 Å². The van der Waals surface area contributed by atoms with E-state index in [9.17, 15) is 4.21 Å². The molecular weight excluding hydrogens is 214 g/mol. The first kappa shape index (κ1) is 13.2. The van der Waals surface area contributed by atoms with Crippen LogP contribution in [0.25, 0.3) is 0 Å². The van der Waals surface area contributed by atoms with Gasteiger partial charge in [0, 0.05) is 48.3 Å². The first-order chi connectivity index (χ1) is 5.72. The van der Waals surface area contributed by atoms with Gasteiger partial charge >= 0.3 is 0 Å². The SMILES string of the molecule is COc1ccc(C[SH](=N)=O)cc1.[Ar]. The predicted octanol–water partition coefficient (Wildman–Crippen LogP) is 1.44. The molecular formula is C8H11ArNO2S. The Kier molecular flexibility index (Phi) is 6.77. The van der Waals surface area contributed by atoms with Crippen molar-refractivity contribution in [2.75, 3.05) is 7.11 Å². The number of ether oxygens (including phenoxy) is 1. The van der Waals surface area contributed by atoms with Gasteiger partial charge in [-0.1, -0.05) is 12.1 Å². The number of methoxy groups -OCH3 is 1. The minimum Gasteiger partial charge on any atom is -0.497 e. The molecule has 1 rings (SSSR count). The summed E-state index contributed by atoms with van der Waals surface area (Å²) in [4.78, 5) is 0. The number of benzene rings is 1. The maximum absolute atomic E-state index is 10.6. The van der Waals surface area contributed by atoms with E-state index in [1.807, 2.05) is 12.1 Å². The Morgan fingerprint density at radius 1 is 1.38 bits per heavy atom. The summed E-state index contributed by atoms with van der Waals surface area (Å²) < 4.78 is 22.4. The molecule has 1 unspecified atom stereocenters. The van der Waals surface area contributed by atoms with Crippen molar-refractivity contribution in [1.82, 2.24) is 0 Å². The molecule has 0 saturated carbocycles. The predicted molar refractivity (Wildman–Crippen MR) is 49.0 cm³/mol. The van der Waals surface area contributed by atoms with E-state index in [4.69, 9.17) is 9.52 Å². The second-order valence-electron chi connectivity index (χ2n) is 2.38. The molecule has 0 bridgehead atoms. The molecule has 1 aromatic carbocycles. The summed E-state index contributed by atoms with van der Waals surface area (Å²) >= 11 is 0. The molecule has 0 aromatic heterocycles. The second kappa shape index (κ2) is 6.65. The van der Waals surface area contributed by atoms with Crippen molar-refractivity contribution in [3.05, 3.63) is 29.8 Å². The molecule has 1 aromatic rings. The minimum atomic E-state index is -1.83. The average molecular weight is 225 g/mol. The Morgan fingerprint density at radius 3 is 2.31 bits per heavy atom. The normalized spacial score (nSPS) is 11.5. The molecule has 13 heavy (non-hydrogen) atoms.